The highest BCUT2D eigenvalue weighted by Gasteiger charge is 2.09. The zero-order chi connectivity index (χ0) is 16.1. The highest BCUT2D eigenvalue weighted by molar-refractivity contribution is 9.10. The average Bonchev–Trinajstić information content (AvgIpc) is 2.51. The van der Waals surface area contributed by atoms with E-state index in [1.165, 1.54) is 5.69 Å². The van der Waals surface area contributed by atoms with Crippen LogP contribution in [0.3, 0.4) is 0 Å². The maximum Gasteiger partial charge on any atom is 0.255 e. The molecule has 2 aromatic carbocycles. The van der Waals surface area contributed by atoms with Gasteiger partial charge in [0.15, 0.2) is 0 Å². The molecule has 0 fully saturated rings. The van der Waals surface area contributed by atoms with Crippen molar-refractivity contribution in [1.29, 1.82) is 0 Å². The van der Waals surface area contributed by atoms with Crippen molar-refractivity contribution in [1.82, 2.24) is 0 Å². The summed E-state index contributed by atoms with van der Waals surface area (Å²) >= 11 is 3.37. The molecule has 0 atom stereocenters. The van der Waals surface area contributed by atoms with Crippen LogP contribution in [0.4, 0.5) is 11.4 Å². The number of carbonyl (C=O) groups is 1. The van der Waals surface area contributed by atoms with Crippen LogP contribution in [0, 0.1) is 6.92 Å². The number of hydrogen-bond donors (Lipinski definition) is 1. The van der Waals surface area contributed by atoms with Crippen LogP contribution >= 0.6 is 15.9 Å². The summed E-state index contributed by atoms with van der Waals surface area (Å²) in [6, 6.07) is 13.5. The lowest BCUT2D eigenvalue weighted by Crippen LogP contribution is -2.22. The fourth-order valence-electron chi connectivity index (χ4n) is 2.37. The van der Waals surface area contributed by atoms with E-state index in [9.17, 15) is 4.79 Å². The van der Waals surface area contributed by atoms with Gasteiger partial charge in [0, 0.05) is 34.5 Å². The Kier molecular flexibility index (Phi) is 5.61. The molecule has 2 aromatic rings. The fourth-order valence-corrected chi connectivity index (χ4v) is 2.63. The van der Waals surface area contributed by atoms with Crippen LogP contribution < -0.4 is 10.2 Å². The van der Waals surface area contributed by atoms with E-state index in [-0.39, 0.29) is 5.91 Å². The van der Waals surface area contributed by atoms with Gasteiger partial charge in [0.25, 0.3) is 5.91 Å². The van der Waals surface area contributed by atoms with Crippen molar-refractivity contribution in [2.45, 2.75) is 20.8 Å². The van der Waals surface area contributed by atoms with Crippen molar-refractivity contribution < 1.29 is 4.79 Å². The first-order chi connectivity index (χ1) is 10.5. The minimum absolute atomic E-state index is 0.0915. The third kappa shape index (κ3) is 3.89. The van der Waals surface area contributed by atoms with Gasteiger partial charge in [-0.3, -0.25) is 4.79 Å². The second-order valence-corrected chi connectivity index (χ2v) is 6.05. The van der Waals surface area contributed by atoms with Crippen LogP contribution in [0.2, 0.25) is 0 Å². The lowest BCUT2D eigenvalue weighted by Gasteiger charge is -2.22. The molecule has 0 aliphatic heterocycles. The SMILES string of the molecule is CCN(CC)c1ccc(NC(=O)c2ccc(Br)cc2)c(C)c1. The molecule has 0 spiro atoms. The van der Waals surface area contributed by atoms with Crippen LogP contribution in [0.15, 0.2) is 46.9 Å². The Morgan fingerprint density at radius 1 is 1.09 bits per heavy atom. The lowest BCUT2D eigenvalue weighted by molar-refractivity contribution is 0.102. The number of aryl methyl sites for hydroxylation is 1. The molecule has 0 saturated carbocycles. The summed E-state index contributed by atoms with van der Waals surface area (Å²) in [6.07, 6.45) is 0. The first-order valence-corrected chi connectivity index (χ1v) is 8.27. The highest BCUT2D eigenvalue weighted by Crippen LogP contribution is 2.23. The van der Waals surface area contributed by atoms with Crippen molar-refractivity contribution in [2.75, 3.05) is 23.3 Å². The van der Waals surface area contributed by atoms with Crippen LogP contribution in [0.5, 0.6) is 0 Å². The molecule has 0 radical (unpaired) electrons. The Bertz CT molecular complexity index is 649. The topological polar surface area (TPSA) is 32.3 Å². The largest absolute Gasteiger partial charge is 0.372 e. The molecule has 1 amide bonds. The van der Waals surface area contributed by atoms with Crippen LogP contribution in [-0.2, 0) is 0 Å². The summed E-state index contributed by atoms with van der Waals surface area (Å²) < 4.78 is 0.962. The van der Waals surface area contributed by atoms with Gasteiger partial charge in [-0.1, -0.05) is 15.9 Å². The molecule has 116 valence electrons. The molecule has 4 heteroatoms. The first-order valence-electron chi connectivity index (χ1n) is 7.47. The van der Waals surface area contributed by atoms with Crippen molar-refractivity contribution in [3.63, 3.8) is 0 Å². The first kappa shape index (κ1) is 16.6. The summed E-state index contributed by atoms with van der Waals surface area (Å²) in [7, 11) is 0. The number of hydrogen-bond acceptors (Lipinski definition) is 2. The highest BCUT2D eigenvalue weighted by atomic mass is 79.9. The van der Waals surface area contributed by atoms with E-state index >= 15 is 0 Å². The zero-order valence-electron chi connectivity index (χ0n) is 13.2. The molecule has 0 aromatic heterocycles. The summed E-state index contributed by atoms with van der Waals surface area (Å²) in [5, 5.41) is 2.98. The third-order valence-corrected chi connectivity index (χ3v) is 4.22. The van der Waals surface area contributed by atoms with Gasteiger partial charge in [0.2, 0.25) is 0 Å². The van der Waals surface area contributed by atoms with E-state index in [0.717, 1.165) is 28.8 Å². The molecule has 0 aliphatic rings. The van der Waals surface area contributed by atoms with E-state index in [2.05, 4.69) is 52.1 Å². The van der Waals surface area contributed by atoms with Crippen molar-refractivity contribution in [2.24, 2.45) is 0 Å². The van der Waals surface area contributed by atoms with E-state index in [1.807, 2.05) is 25.1 Å². The molecule has 0 unspecified atom stereocenters. The molecular weight excluding hydrogens is 340 g/mol. The average molecular weight is 361 g/mol. The second-order valence-electron chi connectivity index (χ2n) is 5.13. The number of rotatable bonds is 5. The minimum atomic E-state index is -0.0915. The van der Waals surface area contributed by atoms with Gasteiger partial charge < -0.3 is 10.2 Å². The molecule has 0 bridgehead atoms. The van der Waals surface area contributed by atoms with Crippen LogP contribution in [-0.4, -0.2) is 19.0 Å². The Labute approximate surface area is 140 Å². The normalized spacial score (nSPS) is 10.4. The minimum Gasteiger partial charge on any atom is -0.372 e. The number of halogens is 1. The third-order valence-electron chi connectivity index (χ3n) is 3.69. The maximum atomic E-state index is 12.3. The summed E-state index contributed by atoms with van der Waals surface area (Å²) in [4.78, 5) is 14.6. The maximum absolute atomic E-state index is 12.3. The Balaban J connectivity index is 2.16. The Morgan fingerprint density at radius 2 is 1.73 bits per heavy atom. The van der Waals surface area contributed by atoms with E-state index in [1.54, 1.807) is 12.1 Å². The number of nitrogens with one attached hydrogen (secondary N) is 1. The number of nitrogens with zero attached hydrogens (tertiary/aromatic N) is 1. The number of anilines is 2. The van der Waals surface area contributed by atoms with Gasteiger partial charge in [0.05, 0.1) is 0 Å². The van der Waals surface area contributed by atoms with Gasteiger partial charge in [-0.2, -0.15) is 0 Å². The molecule has 3 nitrogen and oxygen atoms in total. The van der Waals surface area contributed by atoms with E-state index in [0.29, 0.717) is 5.56 Å². The molecule has 0 heterocycles. The smallest absolute Gasteiger partial charge is 0.255 e. The van der Waals surface area contributed by atoms with Gasteiger partial charge in [-0.15, -0.1) is 0 Å². The second kappa shape index (κ2) is 7.45. The molecule has 0 saturated heterocycles. The fraction of sp³-hybridized carbons (Fsp3) is 0.278. The van der Waals surface area contributed by atoms with E-state index < -0.39 is 0 Å². The summed E-state index contributed by atoms with van der Waals surface area (Å²) in [5.74, 6) is -0.0915. The summed E-state index contributed by atoms with van der Waals surface area (Å²) in [6.45, 7) is 8.25. The van der Waals surface area contributed by atoms with Gasteiger partial charge in [-0.25, -0.2) is 0 Å². The van der Waals surface area contributed by atoms with E-state index in [4.69, 9.17) is 0 Å². The van der Waals surface area contributed by atoms with Crippen LogP contribution in [0.25, 0.3) is 0 Å². The standard InChI is InChI=1S/C18H21BrN2O/c1-4-21(5-2)16-10-11-17(13(3)12-16)20-18(22)14-6-8-15(19)9-7-14/h6-12H,4-5H2,1-3H3,(H,20,22). The Morgan fingerprint density at radius 3 is 2.27 bits per heavy atom. The quantitative estimate of drug-likeness (QED) is 0.825. The van der Waals surface area contributed by atoms with Crippen molar-refractivity contribution >= 4 is 33.2 Å². The Hall–Kier alpha value is -1.81. The number of carbonyl (C=O) groups excluding carboxylic acids is 1. The number of amides is 1. The zero-order valence-corrected chi connectivity index (χ0v) is 14.8. The molecule has 22 heavy (non-hydrogen) atoms. The van der Waals surface area contributed by atoms with Crippen LogP contribution in [0.1, 0.15) is 29.8 Å². The monoisotopic (exact) mass is 360 g/mol. The molecule has 0 aliphatic carbocycles. The lowest BCUT2D eigenvalue weighted by atomic mass is 10.1. The van der Waals surface area contributed by atoms with Crippen molar-refractivity contribution in [3.05, 3.63) is 58.1 Å². The number of benzene rings is 2. The van der Waals surface area contributed by atoms with Gasteiger partial charge >= 0.3 is 0 Å². The summed E-state index contributed by atoms with van der Waals surface area (Å²) in [5.41, 5.74) is 3.75. The predicted molar refractivity (Wildman–Crippen MR) is 96.8 cm³/mol. The van der Waals surface area contributed by atoms with Gasteiger partial charge in [0.1, 0.15) is 0 Å². The van der Waals surface area contributed by atoms with Crippen molar-refractivity contribution in [3.8, 4) is 0 Å². The molecule has 1 N–H and O–H groups in total. The van der Waals surface area contributed by atoms with Gasteiger partial charge in [-0.05, 0) is 68.8 Å². The molecular formula is C18H21BrN2O. The predicted octanol–water partition coefficient (Wildman–Crippen LogP) is 4.86. The molecule has 2 rings (SSSR count).